The normalized spacial score (nSPS) is 13.8. The number of aryl methyl sites for hydroxylation is 2. The molecule has 1 aliphatic rings. The quantitative estimate of drug-likeness (QED) is 0.848. The molecule has 1 heterocycles. The van der Waals surface area contributed by atoms with Crippen molar-refractivity contribution in [3.05, 3.63) is 22.9 Å². The third-order valence-electron chi connectivity index (χ3n) is 3.54. The number of hydrogen-bond acceptors (Lipinski definition) is 3. The molecule has 1 aromatic heterocycles. The van der Waals surface area contributed by atoms with Crippen molar-refractivity contribution < 1.29 is 0 Å². The molecular formula is C14H23N3. The van der Waals surface area contributed by atoms with E-state index in [9.17, 15) is 0 Å². The summed E-state index contributed by atoms with van der Waals surface area (Å²) >= 11 is 0. The maximum absolute atomic E-state index is 5.84. The minimum atomic E-state index is 0.589. The summed E-state index contributed by atoms with van der Waals surface area (Å²) in [5, 5.41) is 0. The second-order valence-corrected chi connectivity index (χ2v) is 4.91. The van der Waals surface area contributed by atoms with Gasteiger partial charge in [0.15, 0.2) is 0 Å². The van der Waals surface area contributed by atoms with Gasteiger partial charge in [-0.1, -0.05) is 13.3 Å². The van der Waals surface area contributed by atoms with Crippen molar-refractivity contribution in [1.29, 1.82) is 0 Å². The Kier molecular flexibility index (Phi) is 4.00. The first kappa shape index (κ1) is 12.4. The van der Waals surface area contributed by atoms with Crippen molar-refractivity contribution in [2.24, 2.45) is 5.73 Å². The van der Waals surface area contributed by atoms with E-state index in [-0.39, 0.29) is 0 Å². The largest absolute Gasteiger partial charge is 0.359 e. The summed E-state index contributed by atoms with van der Waals surface area (Å²) in [6.07, 6.45) is 5.98. The van der Waals surface area contributed by atoms with E-state index in [1.54, 1.807) is 0 Å². The second kappa shape index (κ2) is 5.50. The van der Waals surface area contributed by atoms with Gasteiger partial charge in [-0.3, -0.25) is 0 Å². The molecule has 2 N–H and O–H groups in total. The van der Waals surface area contributed by atoms with Crippen LogP contribution in [0.5, 0.6) is 0 Å². The van der Waals surface area contributed by atoms with Crippen LogP contribution < -0.4 is 10.6 Å². The Bertz CT molecular complexity index is 387. The third kappa shape index (κ3) is 2.60. The van der Waals surface area contributed by atoms with E-state index >= 15 is 0 Å². The fourth-order valence-corrected chi connectivity index (χ4v) is 2.49. The molecule has 94 valence electrons. The number of unbranched alkanes of at least 4 members (excludes halogenated alkanes) is 1. The average molecular weight is 233 g/mol. The van der Waals surface area contributed by atoms with Gasteiger partial charge >= 0.3 is 0 Å². The van der Waals surface area contributed by atoms with Crippen molar-refractivity contribution in [2.45, 2.75) is 45.6 Å². The van der Waals surface area contributed by atoms with Gasteiger partial charge in [0.1, 0.15) is 5.82 Å². The number of nitrogens with two attached hydrogens (primary N) is 1. The lowest BCUT2D eigenvalue weighted by Gasteiger charge is -2.21. The van der Waals surface area contributed by atoms with Crippen molar-refractivity contribution in [1.82, 2.24) is 4.98 Å². The van der Waals surface area contributed by atoms with E-state index in [0.29, 0.717) is 6.54 Å². The first-order valence-corrected chi connectivity index (χ1v) is 6.69. The highest BCUT2D eigenvalue weighted by molar-refractivity contribution is 5.50. The summed E-state index contributed by atoms with van der Waals surface area (Å²) in [4.78, 5) is 7.08. The van der Waals surface area contributed by atoms with Crippen LogP contribution in [-0.4, -0.2) is 18.6 Å². The molecule has 0 amide bonds. The van der Waals surface area contributed by atoms with Crippen LogP contribution in [0.25, 0.3) is 0 Å². The highest BCUT2D eigenvalue weighted by Gasteiger charge is 2.17. The van der Waals surface area contributed by atoms with E-state index in [1.807, 2.05) is 0 Å². The Morgan fingerprint density at radius 1 is 1.41 bits per heavy atom. The maximum atomic E-state index is 5.84. The average Bonchev–Trinajstić information content (AvgIpc) is 2.81. The lowest BCUT2D eigenvalue weighted by Crippen LogP contribution is -2.22. The molecule has 0 spiro atoms. The Labute approximate surface area is 104 Å². The molecule has 2 rings (SSSR count). The van der Waals surface area contributed by atoms with Gasteiger partial charge in [-0.05, 0) is 37.3 Å². The molecule has 0 saturated carbocycles. The number of anilines is 1. The number of fused-ring (bicyclic) bond motifs is 1. The molecular weight excluding hydrogens is 210 g/mol. The summed E-state index contributed by atoms with van der Waals surface area (Å²) in [7, 11) is 2.12. The highest BCUT2D eigenvalue weighted by Crippen LogP contribution is 2.26. The number of hydrogen-bond donors (Lipinski definition) is 1. The zero-order chi connectivity index (χ0) is 12.3. The van der Waals surface area contributed by atoms with Gasteiger partial charge in [-0.15, -0.1) is 0 Å². The van der Waals surface area contributed by atoms with E-state index in [1.165, 1.54) is 42.5 Å². The minimum absolute atomic E-state index is 0.589. The molecule has 17 heavy (non-hydrogen) atoms. The zero-order valence-corrected chi connectivity index (χ0v) is 11.0. The molecule has 0 unspecified atom stereocenters. The van der Waals surface area contributed by atoms with Crippen molar-refractivity contribution in [2.75, 3.05) is 18.5 Å². The van der Waals surface area contributed by atoms with Gasteiger partial charge < -0.3 is 10.6 Å². The van der Waals surface area contributed by atoms with Crippen LogP contribution in [0.15, 0.2) is 6.07 Å². The predicted molar refractivity (Wildman–Crippen MR) is 72.3 cm³/mol. The van der Waals surface area contributed by atoms with Gasteiger partial charge in [0.25, 0.3) is 0 Å². The molecule has 0 radical (unpaired) electrons. The number of pyridine rings is 1. The van der Waals surface area contributed by atoms with Crippen LogP contribution in [0.4, 0.5) is 5.82 Å². The number of aromatic nitrogens is 1. The van der Waals surface area contributed by atoms with Gasteiger partial charge in [-0.2, -0.15) is 0 Å². The molecule has 0 aromatic carbocycles. The van der Waals surface area contributed by atoms with Crippen molar-refractivity contribution in [3.8, 4) is 0 Å². The Balaban J connectivity index is 2.25. The van der Waals surface area contributed by atoms with Crippen LogP contribution in [0.2, 0.25) is 0 Å². The van der Waals surface area contributed by atoms with Gasteiger partial charge in [0, 0.05) is 31.4 Å². The molecule has 0 fully saturated rings. The van der Waals surface area contributed by atoms with E-state index in [2.05, 4.69) is 24.9 Å². The van der Waals surface area contributed by atoms with Gasteiger partial charge in [-0.25, -0.2) is 4.98 Å². The summed E-state index contributed by atoms with van der Waals surface area (Å²) in [5.41, 5.74) is 9.75. The molecule has 1 aliphatic carbocycles. The van der Waals surface area contributed by atoms with Crippen LogP contribution in [-0.2, 0) is 19.4 Å². The molecule has 0 saturated heterocycles. The molecule has 0 bridgehead atoms. The summed E-state index contributed by atoms with van der Waals surface area (Å²) in [6, 6.07) is 2.27. The van der Waals surface area contributed by atoms with Gasteiger partial charge in [0.05, 0.1) is 0 Å². The minimum Gasteiger partial charge on any atom is -0.359 e. The van der Waals surface area contributed by atoms with E-state index in [4.69, 9.17) is 10.7 Å². The van der Waals surface area contributed by atoms with Crippen LogP contribution >= 0.6 is 0 Å². The Morgan fingerprint density at radius 2 is 2.24 bits per heavy atom. The van der Waals surface area contributed by atoms with Crippen LogP contribution in [0.1, 0.15) is 43.0 Å². The standard InChI is InChI=1S/C14H23N3/c1-3-4-8-17(2)14-12(10-15)9-11-6-5-7-13(11)16-14/h9H,3-8,10,15H2,1-2H3. The van der Waals surface area contributed by atoms with Crippen LogP contribution in [0, 0.1) is 0 Å². The molecule has 0 atom stereocenters. The maximum Gasteiger partial charge on any atom is 0.133 e. The highest BCUT2D eigenvalue weighted by atomic mass is 15.2. The summed E-state index contributed by atoms with van der Waals surface area (Å²) in [5.74, 6) is 1.10. The fourth-order valence-electron chi connectivity index (χ4n) is 2.49. The number of nitrogens with zero attached hydrogens (tertiary/aromatic N) is 2. The first-order valence-electron chi connectivity index (χ1n) is 6.69. The third-order valence-corrected chi connectivity index (χ3v) is 3.54. The number of rotatable bonds is 5. The Morgan fingerprint density at radius 3 is 2.94 bits per heavy atom. The Hall–Kier alpha value is -1.09. The monoisotopic (exact) mass is 233 g/mol. The molecule has 0 aliphatic heterocycles. The fraction of sp³-hybridized carbons (Fsp3) is 0.643. The molecule has 1 aromatic rings. The molecule has 3 heteroatoms. The second-order valence-electron chi connectivity index (χ2n) is 4.91. The topological polar surface area (TPSA) is 42.2 Å². The smallest absolute Gasteiger partial charge is 0.133 e. The van der Waals surface area contributed by atoms with Crippen LogP contribution in [0.3, 0.4) is 0 Å². The SMILES string of the molecule is CCCCN(C)c1nc2c(cc1CN)CCC2. The summed E-state index contributed by atoms with van der Waals surface area (Å²) in [6.45, 7) is 3.87. The van der Waals surface area contributed by atoms with Crippen molar-refractivity contribution in [3.63, 3.8) is 0 Å². The lowest BCUT2D eigenvalue weighted by molar-refractivity contribution is 0.752. The summed E-state index contributed by atoms with van der Waals surface area (Å²) < 4.78 is 0. The first-order chi connectivity index (χ1) is 8.26. The van der Waals surface area contributed by atoms with Crippen molar-refractivity contribution >= 4 is 5.82 Å². The lowest BCUT2D eigenvalue weighted by atomic mass is 10.1. The van der Waals surface area contributed by atoms with Gasteiger partial charge in [0.2, 0.25) is 0 Å². The molecule has 3 nitrogen and oxygen atoms in total. The van der Waals surface area contributed by atoms with E-state index < -0.39 is 0 Å². The van der Waals surface area contributed by atoms with E-state index in [0.717, 1.165) is 18.8 Å². The predicted octanol–water partition coefficient (Wildman–Crippen LogP) is 2.27. The zero-order valence-electron chi connectivity index (χ0n) is 11.0.